The Hall–Kier alpha value is -1.09. The Morgan fingerprint density at radius 2 is 2.00 bits per heavy atom. The first-order valence-electron chi connectivity index (χ1n) is 4.19. The SMILES string of the molecule is CC1(C)Oc2ccccc2NC1=S. The second kappa shape index (κ2) is 2.70. The van der Waals surface area contributed by atoms with E-state index in [9.17, 15) is 0 Å². The smallest absolute Gasteiger partial charge is 0.153 e. The van der Waals surface area contributed by atoms with Crippen molar-refractivity contribution in [1.82, 2.24) is 0 Å². The summed E-state index contributed by atoms with van der Waals surface area (Å²) in [5, 5.41) is 3.16. The van der Waals surface area contributed by atoms with Crippen LogP contribution in [0.5, 0.6) is 5.75 Å². The van der Waals surface area contributed by atoms with Crippen LogP contribution in [-0.2, 0) is 0 Å². The standard InChI is InChI=1S/C10H11NOS/c1-10(2)9(13)11-7-5-3-4-6-8(7)12-10/h3-6H,1-2H3,(H,11,13). The summed E-state index contributed by atoms with van der Waals surface area (Å²) >= 11 is 5.18. The Morgan fingerprint density at radius 3 is 2.77 bits per heavy atom. The summed E-state index contributed by atoms with van der Waals surface area (Å²) in [7, 11) is 0. The lowest BCUT2D eigenvalue weighted by molar-refractivity contribution is 0.181. The molecule has 3 heteroatoms. The maximum absolute atomic E-state index is 5.73. The molecule has 0 unspecified atom stereocenters. The monoisotopic (exact) mass is 193 g/mol. The lowest BCUT2D eigenvalue weighted by atomic mass is 10.1. The molecule has 0 aromatic heterocycles. The van der Waals surface area contributed by atoms with Crippen molar-refractivity contribution in [3.8, 4) is 5.75 Å². The molecule has 0 saturated heterocycles. The van der Waals surface area contributed by atoms with Gasteiger partial charge in [-0.1, -0.05) is 24.4 Å². The molecule has 0 saturated carbocycles. The summed E-state index contributed by atoms with van der Waals surface area (Å²) in [6, 6.07) is 7.80. The molecule has 2 rings (SSSR count). The molecule has 0 radical (unpaired) electrons. The van der Waals surface area contributed by atoms with E-state index in [4.69, 9.17) is 17.0 Å². The first kappa shape index (κ1) is 8.51. The molecule has 0 atom stereocenters. The summed E-state index contributed by atoms with van der Waals surface area (Å²) in [4.78, 5) is 0.728. The molecule has 13 heavy (non-hydrogen) atoms. The molecule has 1 aromatic carbocycles. The van der Waals surface area contributed by atoms with E-state index in [0.29, 0.717) is 0 Å². The summed E-state index contributed by atoms with van der Waals surface area (Å²) in [5.74, 6) is 0.862. The molecule has 0 amide bonds. The molecule has 0 aliphatic carbocycles. The van der Waals surface area contributed by atoms with Crippen molar-refractivity contribution in [2.24, 2.45) is 0 Å². The van der Waals surface area contributed by atoms with Gasteiger partial charge in [0.1, 0.15) is 10.7 Å². The first-order valence-corrected chi connectivity index (χ1v) is 4.60. The average Bonchev–Trinajstić information content (AvgIpc) is 2.06. The summed E-state index contributed by atoms with van der Waals surface area (Å²) in [5.41, 5.74) is 0.552. The molecule has 0 bridgehead atoms. The van der Waals surface area contributed by atoms with E-state index in [1.807, 2.05) is 38.1 Å². The highest BCUT2D eigenvalue weighted by Gasteiger charge is 2.31. The van der Waals surface area contributed by atoms with E-state index in [-0.39, 0.29) is 0 Å². The van der Waals surface area contributed by atoms with Crippen LogP contribution in [0.4, 0.5) is 5.69 Å². The third-order valence-corrected chi connectivity index (χ3v) is 2.64. The highest BCUT2D eigenvalue weighted by atomic mass is 32.1. The van der Waals surface area contributed by atoms with Gasteiger partial charge in [0, 0.05) is 0 Å². The lowest BCUT2D eigenvalue weighted by Gasteiger charge is -2.33. The van der Waals surface area contributed by atoms with Crippen LogP contribution in [0.1, 0.15) is 13.8 Å². The fourth-order valence-corrected chi connectivity index (χ4v) is 1.40. The Morgan fingerprint density at radius 1 is 1.31 bits per heavy atom. The van der Waals surface area contributed by atoms with Crippen molar-refractivity contribution in [1.29, 1.82) is 0 Å². The van der Waals surface area contributed by atoms with E-state index < -0.39 is 5.60 Å². The number of rotatable bonds is 0. The molecule has 1 N–H and O–H groups in total. The highest BCUT2D eigenvalue weighted by Crippen LogP contribution is 2.33. The second-order valence-corrected chi connectivity index (χ2v) is 3.97. The summed E-state index contributed by atoms with van der Waals surface area (Å²) in [6.45, 7) is 3.91. The highest BCUT2D eigenvalue weighted by molar-refractivity contribution is 7.80. The molecule has 0 fully saturated rings. The predicted molar refractivity (Wildman–Crippen MR) is 57.4 cm³/mol. The van der Waals surface area contributed by atoms with Crippen molar-refractivity contribution in [2.45, 2.75) is 19.4 Å². The first-order chi connectivity index (χ1) is 6.09. The molecule has 1 heterocycles. The normalized spacial score (nSPS) is 18.5. The van der Waals surface area contributed by atoms with Crippen LogP contribution in [0.25, 0.3) is 0 Å². The van der Waals surface area contributed by atoms with Gasteiger partial charge in [-0.05, 0) is 26.0 Å². The zero-order valence-electron chi connectivity index (χ0n) is 7.63. The van der Waals surface area contributed by atoms with E-state index in [0.717, 1.165) is 16.4 Å². The van der Waals surface area contributed by atoms with Crippen LogP contribution in [0.3, 0.4) is 0 Å². The molecule has 1 aromatic rings. The van der Waals surface area contributed by atoms with Gasteiger partial charge in [0.2, 0.25) is 0 Å². The van der Waals surface area contributed by atoms with Gasteiger partial charge in [0.15, 0.2) is 5.60 Å². The van der Waals surface area contributed by atoms with E-state index >= 15 is 0 Å². The Labute approximate surface area is 82.9 Å². The van der Waals surface area contributed by atoms with Gasteiger partial charge < -0.3 is 10.1 Å². The predicted octanol–water partition coefficient (Wildman–Crippen LogP) is 2.60. The van der Waals surface area contributed by atoms with Crippen molar-refractivity contribution < 1.29 is 4.74 Å². The van der Waals surface area contributed by atoms with Gasteiger partial charge in [0.25, 0.3) is 0 Å². The fraction of sp³-hybridized carbons (Fsp3) is 0.300. The number of ether oxygens (including phenoxy) is 1. The van der Waals surface area contributed by atoms with Gasteiger partial charge in [-0.2, -0.15) is 0 Å². The Bertz CT molecular complexity index is 360. The topological polar surface area (TPSA) is 21.3 Å². The van der Waals surface area contributed by atoms with E-state index in [1.165, 1.54) is 0 Å². The number of fused-ring (bicyclic) bond motifs is 1. The number of hydrogen-bond acceptors (Lipinski definition) is 2. The lowest BCUT2D eigenvalue weighted by Crippen LogP contribution is -2.44. The zero-order chi connectivity index (χ0) is 9.47. The number of para-hydroxylation sites is 2. The molecule has 2 nitrogen and oxygen atoms in total. The zero-order valence-corrected chi connectivity index (χ0v) is 8.44. The van der Waals surface area contributed by atoms with Crippen LogP contribution in [0.2, 0.25) is 0 Å². The minimum atomic E-state index is -0.399. The number of hydrogen-bond donors (Lipinski definition) is 1. The maximum atomic E-state index is 5.73. The van der Waals surface area contributed by atoms with Gasteiger partial charge in [-0.15, -0.1) is 0 Å². The van der Waals surface area contributed by atoms with Crippen LogP contribution >= 0.6 is 12.2 Å². The number of thiocarbonyl (C=S) groups is 1. The number of nitrogens with one attached hydrogen (secondary N) is 1. The van der Waals surface area contributed by atoms with Gasteiger partial charge in [-0.25, -0.2) is 0 Å². The fourth-order valence-electron chi connectivity index (χ4n) is 1.25. The summed E-state index contributed by atoms with van der Waals surface area (Å²) in [6.07, 6.45) is 0. The van der Waals surface area contributed by atoms with Gasteiger partial charge >= 0.3 is 0 Å². The number of anilines is 1. The Balaban J connectivity index is 2.44. The second-order valence-electron chi connectivity index (χ2n) is 3.56. The Kier molecular flexibility index (Phi) is 1.77. The quantitative estimate of drug-likeness (QED) is 0.640. The molecule has 1 aliphatic heterocycles. The number of benzene rings is 1. The molecular weight excluding hydrogens is 182 g/mol. The van der Waals surface area contributed by atoms with Gasteiger partial charge in [-0.3, -0.25) is 0 Å². The molecule has 1 aliphatic rings. The van der Waals surface area contributed by atoms with Crippen LogP contribution in [-0.4, -0.2) is 10.6 Å². The third kappa shape index (κ3) is 1.40. The van der Waals surface area contributed by atoms with Crippen molar-refractivity contribution >= 4 is 22.9 Å². The van der Waals surface area contributed by atoms with E-state index in [1.54, 1.807) is 0 Å². The molecule has 68 valence electrons. The largest absolute Gasteiger partial charge is 0.479 e. The van der Waals surface area contributed by atoms with Crippen LogP contribution < -0.4 is 10.1 Å². The van der Waals surface area contributed by atoms with Crippen LogP contribution in [0.15, 0.2) is 24.3 Å². The van der Waals surface area contributed by atoms with Crippen molar-refractivity contribution in [2.75, 3.05) is 5.32 Å². The molecule has 0 spiro atoms. The maximum Gasteiger partial charge on any atom is 0.153 e. The molecular formula is C10H11NOS. The minimum absolute atomic E-state index is 0.399. The van der Waals surface area contributed by atoms with Crippen molar-refractivity contribution in [3.63, 3.8) is 0 Å². The van der Waals surface area contributed by atoms with Crippen LogP contribution in [0, 0.1) is 0 Å². The van der Waals surface area contributed by atoms with Crippen molar-refractivity contribution in [3.05, 3.63) is 24.3 Å². The van der Waals surface area contributed by atoms with Gasteiger partial charge in [0.05, 0.1) is 5.69 Å². The summed E-state index contributed by atoms with van der Waals surface area (Å²) < 4.78 is 5.73. The average molecular weight is 193 g/mol. The minimum Gasteiger partial charge on any atom is -0.479 e. The third-order valence-electron chi connectivity index (χ3n) is 2.05. The van der Waals surface area contributed by atoms with E-state index in [2.05, 4.69) is 5.32 Å².